The van der Waals surface area contributed by atoms with E-state index in [0.717, 1.165) is 47.8 Å². The molecule has 2 heterocycles. The van der Waals surface area contributed by atoms with Gasteiger partial charge >= 0.3 is 5.97 Å². The average Bonchev–Trinajstić information content (AvgIpc) is 3.49. The van der Waals surface area contributed by atoms with E-state index in [1.54, 1.807) is 11.0 Å². The van der Waals surface area contributed by atoms with Crippen molar-refractivity contribution in [3.05, 3.63) is 65.3 Å². The molecule has 1 aliphatic carbocycles. The first-order valence-corrected chi connectivity index (χ1v) is 13.1. The third-order valence-electron chi connectivity index (χ3n) is 7.31. The molecule has 4 aromatic rings. The van der Waals surface area contributed by atoms with Crippen molar-refractivity contribution in [2.45, 2.75) is 52.5 Å². The number of anilines is 1. The van der Waals surface area contributed by atoms with Crippen LogP contribution in [0.25, 0.3) is 27.8 Å². The van der Waals surface area contributed by atoms with E-state index in [1.165, 1.54) is 10.9 Å². The standard InChI is InChI=1S/C29H31ClN4O3/c1-17(2)34(28(35)19-10-8-18(3)9-11-19)27-23(29(36)37)16-33(32-27)21-12-13-22(24(30)15-21)26-14-20-6-4-5-7-25(20)31-26/h4-7,12-19,31H,8-11H2,1-3H3,(H,36,37). The van der Waals surface area contributed by atoms with Crippen LogP contribution < -0.4 is 4.90 Å². The van der Waals surface area contributed by atoms with Crippen LogP contribution in [0.5, 0.6) is 0 Å². The summed E-state index contributed by atoms with van der Waals surface area (Å²) in [6, 6.07) is 15.3. The molecule has 0 atom stereocenters. The number of hydrogen-bond acceptors (Lipinski definition) is 3. The third-order valence-corrected chi connectivity index (χ3v) is 7.62. The fourth-order valence-corrected chi connectivity index (χ4v) is 5.49. The van der Waals surface area contributed by atoms with Crippen LogP contribution in [0.3, 0.4) is 0 Å². The molecule has 1 amide bonds. The number of rotatable bonds is 6. The molecular formula is C29H31ClN4O3. The second-order valence-electron chi connectivity index (χ2n) is 10.3. The topological polar surface area (TPSA) is 91.2 Å². The molecule has 2 aromatic heterocycles. The summed E-state index contributed by atoms with van der Waals surface area (Å²) in [7, 11) is 0. The van der Waals surface area contributed by atoms with Crippen LogP contribution in [0.4, 0.5) is 5.82 Å². The predicted octanol–water partition coefficient (Wildman–Crippen LogP) is 6.94. The molecule has 0 saturated heterocycles. The minimum Gasteiger partial charge on any atom is -0.477 e. The zero-order valence-corrected chi connectivity index (χ0v) is 22.0. The molecular weight excluding hydrogens is 488 g/mol. The fourth-order valence-electron chi connectivity index (χ4n) is 5.22. The Morgan fingerprint density at radius 2 is 1.84 bits per heavy atom. The molecule has 1 fully saturated rings. The zero-order chi connectivity index (χ0) is 26.3. The molecule has 2 N–H and O–H groups in total. The number of carbonyl (C=O) groups is 2. The molecule has 0 unspecified atom stereocenters. The Bertz CT molecular complexity index is 1430. The average molecular weight is 519 g/mol. The second kappa shape index (κ2) is 10.1. The van der Waals surface area contributed by atoms with E-state index >= 15 is 0 Å². The molecule has 37 heavy (non-hydrogen) atoms. The van der Waals surface area contributed by atoms with Gasteiger partial charge in [0.2, 0.25) is 5.91 Å². The highest BCUT2D eigenvalue weighted by molar-refractivity contribution is 6.33. The van der Waals surface area contributed by atoms with Gasteiger partial charge in [0.25, 0.3) is 0 Å². The second-order valence-corrected chi connectivity index (χ2v) is 10.7. The number of para-hydroxylation sites is 1. The van der Waals surface area contributed by atoms with Gasteiger partial charge < -0.3 is 10.1 Å². The van der Waals surface area contributed by atoms with Gasteiger partial charge in [0.05, 0.1) is 10.7 Å². The predicted molar refractivity (Wildman–Crippen MR) is 147 cm³/mol. The van der Waals surface area contributed by atoms with E-state index in [4.69, 9.17) is 11.6 Å². The molecule has 0 radical (unpaired) electrons. The SMILES string of the molecule is CC1CCC(C(=O)N(c2nn(-c3ccc(-c4cc5ccccc5[nH]4)c(Cl)c3)cc2C(=O)O)C(C)C)CC1. The Balaban J connectivity index is 1.49. The van der Waals surface area contributed by atoms with Gasteiger partial charge in [-0.05, 0) is 75.8 Å². The first-order chi connectivity index (χ1) is 17.7. The summed E-state index contributed by atoms with van der Waals surface area (Å²) in [5, 5.41) is 16.2. The molecule has 5 rings (SSSR count). The van der Waals surface area contributed by atoms with Gasteiger partial charge in [0.15, 0.2) is 5.82 Å². The molecule has 8 heteroatoms. The molecule has 1 saturated carbocycles. The van der Waals surface area contributed by atoms with Crippen LogP contribution in [-0.2, 0) is 4.79 Å². The van der Waals surface area contributed by atoms with Crippen molar-refractivity contribution in [2.24, 2.45) is 11.8 Å². The van der Waals surface area contributed by atoms with Gasteiger partial charge in [-0.25, -0.2) is 9.48 Å². The van der Waals surface area contributed by atoms with Crippen molar-refractivity contribution in [2.75, 3.05) is 4.90 Å². The van der Waals surface area contributed by atoms with E-state index in [9.17, 15) is 14.7 Å². The lowest BCUT2D eigenvalue weighted by atomic mass is 9.82. The van der Waals surface area contributed by atoms with Gasteiger partial charge in [-0.3, -0.25) is 9.69 Å². The van der Waals surface area contributed by atoms with Crippen LogP contribution in [0.1, 0.15) is 56.8 Å². The summed E-state index contributed by atoms with van der Waals surface area (Å²) in [6.45, 7) is 5.99. The molecule has 7 nitrogen and oxygen atoms in total. The Kier molecular flexibility index (Phi) is 6.82. The van der Waals surface area contributed by atoms with Crippen molar-refractivity contribution in [3.8, 4) is 16.9 Å². The van der Waals surface area contributed by atoms with E-state index < -0.39 is 5.97 Å². The highest BCUT2D eigenvalue weighted by Gasteiger charge is 2.34. The molecule has 192 valence electrons. The van der Waals surface area contributed by atoms with Crippen LogP contribution in [0, 0.1) is 11.8 Å². The highest BCUT2D eigenvalue weighted by atomic mass is 35.5. The Labute approximate surface area is 221 Å². The van der Waals surface area contributed by atoms with E-state index in [-0.39, 0.29) is 29.2 Å². The van der Waals surface area contributed by atoms with Crippen molar-refractivity contribution < 1.29 is 14.7 Å². The lowest BCUT2D eigenvalue weighted by molar-refractivity contribution is -0.124. The van der Waals surface area contributed by atoms with Crippen molar-refractivity contribution >= 4 is 40.2 Å². The summed E-state index contributed by atoms with van der Waals surface area (Å²) in [6.07, 6.45) is 5.10. The number of benzene rings is 2. The van der Waals surface area contributed by atoms with Gasteiger partial charge in [-0.15, -0.1) is 5.10 Å². The maximum Gasteiger partial charge on any atom is 0.341 e. The normalized spacial score (nSPS) is 17.9. The van der Waals surface area contributed by atoms with Gasteiger partial charge in [0.1, 0.15) is 5.56 Å². The van der Waals surface area contributed by atoms with Crippen molar-refractivity contribution in [1.82, 2.24) is 14.8 Å². The smallest absolute Gasteiger partial charge is 0.341 e. The number of aromatic amines is 1. The lowest BCUT2D eigenvalue weighted by Gasteiger charge is -2.32. The van der Waals surface area contributed by atoms with Crippen LogP contribution in [0.2, 0.25) is 5.02 Å². The van der Waals surface area contributed by atoms with Crippen molar-refractivity contribution in [1.29, 1.82) is 0 Å². The number of nitrogens with one attached hydrogen (secondary N) is 1. The summed E-state index contributed by atoms with van der Waals surface area (Å²) in [5.74, 6) is -0.514. The molecule has 0 spiro atoms. The van der Waals surface area contributed by atoms with Crippen LogP contribution >= 0.6 is 11.6 Å². The number of amides is 1. The number of hydrogen-bond donors (Lipinski definition) is 2. The number of fused-ring (bicyclic) bond motifs is 1. The number of carboxylic acids is 1. The number of nitrogens with zero attached hydrogens (tertiary/aromatic N) is 3. The number of carboxylic acid groups (broad SMARTS) is 1. The van der Waals surface area contributed by atoms with Gasteiger partial charge in [-0.1, -0.05) is 36.7 Å². The number of carbonyl (C=O) groups excluding carboxylic acids is 1. The molecule has 0 bridgehead atoms. The number of aromatic nitrogens is 3. The quantitative estimate of drug-likeness (QED) is 0.289. The molecule has 0 aliphatic heterocycles. The zero-order valence-electron chi connectivity index (χ0n) is 21.2. The lowest BCUT2D eigenvalue weighted by Crippen LogP contribution is -2.43. The van der Waals surface area contributed by atoms with Crippen molar-refractivity contribution in [3.63, 3.8) is 0 Å². The molecule has 1 aliphatic rings. The summed E-state index contributed by atoms with van der Waals surface area (Å²) in [5.41, 5.74) is 3.34. The first kappa shape index (κ1) is 25.1. The maximum atomic E-state index is 13.6. The van der Waals surface area contributed by atoms with E-state index in [0.29, 0.717) is 16.6 Å². The number of halogens is 1. The van der Waals surface area contributed by atoms with Gasteiger partial charge in [0, 0.05) is 40.3 Å². The Hall–Kier alpha value is -3.58. The molecule has 2 aromatic carbocycles. The fraction of sp³-hybridized carbons (Fsp3) is 0.345. The minimum atomic E-state index is -1.13. The number of aromatic carboxylic acids is 1. The van der Waals surface area contributed by atoms with Gasteiger partial charge in [-0.2, -0.15) is 0 Å². The monoisotopic (exact) mass is 518 g/mol. The Morgan fingerprint density at radius 1 is 1.11 bits per heavy atom. The number of H-pyrrole nitrogens is 1. The van der Waals surface area contributed by atoms with E-state index in [1.807, 2.05) is 56.3 Å². The summed E-state index contributed by atoms with van der Waals surface area (Å²) < 4.78 is 1.49. The maximum absolute atomic E-state index is 13.6. The summed E-state index contributed by atoms with van der Waals surface area (Å²) >= 11 is 6.69. The highest BCUT2D eigenvalue weighted by Crippen LogP contribution is 2.34. The van der Waals surface area contributed by atoms with Crippen LogP contribution in [0.15, 0.2) is 54.7 Å². The summed E-state index contributed by atoms with van der Waals surface area (Å²) in [4.78, 5) is 30.7. The largest absolute Gasteiger partial charge is 0.477 e. The third kappa shape index (κ3) is 4.88. The Morgan fingerprint density at radius 3 is 2.49 bits per heavy atom. The first-order valence-electron chi connectivity index (χ1n) is 12.8. The minimum absolute atomic E-state index is 0.0120. The van der Waals surface area contributed by atoms with E-state index in [2.05, 4.69) is 17.0 Å². The van der Waals surface area contributed by atoms with Crippen LogP contribution in [-0.4, -0.2) is 37.8 Å².